The summed E-state index contributed by atoms with van der Waals surface area (Å²) in [5, 5.41) is 13.6. The first-order valence-electron chi connectivity index (χ1n) is 8.83. The molecule has 0 fully saturated rings. The number of benzene rings is 1. The van der Waals surface area contributed by atoms with Crippen LogP contribution in [0.1, 0.15) is 16.1 Å². The van der Waals surface area contributed by atoms with Crippen molar-refractivity contribution in [1.82, 2.24) is 30.6 Å². The lowest BCUT2D eigenvalue weighted by Crippen LogP contribution is -2.31. The van der Waals surface area contributed by atoms with Crippen molar-refractivity contribution in [3.63, 3.8) is 0 Å². The van der Waals surface area contributed by atoms with E-state index in [1.807, 2.05) is 12.1 Å². The van der Waals surface area contributed by atoms with Crippen LogP contribution in [0.2, 0.25) is 5.02 Å². The summed E-state index contributed by atoms with van der Waals surface area (Å²) in [4.78, 5) is 27.9. The normalized spacial score (nSPS) is 10.4. The van der Waals surface area contributed by atoms with Crippen molar-refractivity contribution in [3.8, 4) is 5.75 Å². The number of carbonyl (C=O) groups excluding carboxylic acids is 2. The predicted octanol–water partition coefficient (Wildman–Crippen LogP) is 1.45. The van der Waals surface area contributed by atoms with Gasteiger partial charge in [0.15, 0.2) is 12.3 Å². The summed E-state index contributed by atoms with van der Waals surface area (Å²) in [7, 11) is 0. The number of nitrogens with one attached hydrogen (secondary N) is 2. The van der Waals surface area contributed by atoms with E-state index in [9.17, 15) is 9.59 Å². The van der Waals surface area contributed by atoms with E-state index in [4.69, 9.17) is 16.3 Å². The van der Waals surface area contributed by atoms with E-state index in [0.717, 1.165) is 5.56 Å². The van der Waals surface area contributed by atoms with Gasteiger partial charge in [-0.25, -0.2) is 4.68 Å². The number of carbonyl (C=O) groups is 2. The highest BCUT2D eigenvalue weighted by Gasteiger charge is 2.11. The summed E-state index contributed by atoms with van der Waals surface area (Å²) in [5.74, 6) is -0.173. The zero-order valence-corrected chi connectivity index (χ0v) is 16.2. The van der Waals surface area contributed by atoms with Crippen molar-refractivity contribution in [2.45, 2.75) is 13.1 Å². The molecule has 0 aliphatic carbocycles. The Kier molecular flexibility index (Phi) is 7.12. The Morgan fingerprint density at radius 1 is 1.10 bits per heavy atom. The number of aromatic nitrogens is 4. The van der Waals surface area contributed by atoms with Crippen LogP contribution in [0.4, 0.5) is 0 Å². The Hall–Kier alpha value is -3.46. The van der Waals surface area contributed by atoms with Gasteiger partial charge in [-0.15, -0.1) is 5.10 Å². The third-order valence-electron chi connectivity index (χ3n) is 3.83. The fourth-order valence-electron chi connectivity index (χ4n) is 2.35. The third kappa shape index (κ3) is 6.28. The number of amides is 2. The number of para-hydroxylation sites is 1. The van der Waals surface area contributed by atoms with E-state index >= 15 is 0 Å². The Morgan fingerprint density at radius 2 is 1.90 bits per heavy atom. The topological polar surface area (TPSA) is 111 Å². The standard InChI is InChI=1S/C19H19ClN6O3/c20-15-3-1-2-4-17(15)29-13-18(27)22-9-10-26-12-16(24-25-26)19(28)23-11-14-5-7-21-8-6-14/h1-8,12H,9-11,13H2,(H,22,27)(H,23,28). The van der Waals surface area contributed by atoms with Gasteiger partial charge in [0.25, 0.3) is 11.8 Å². The van der Waals surface area contributed by atoms with Gasteiger partial charge in [-0.3, -0.25) is 14.6 Å². The maximum absolute atomic E-state index is 12.1. The van der Waals surface area contributed by atoms with Gasteiger partial charge in [-0.05, 0) is 29.8 Å². The molecule has 0 saturated heterocycles. The minimum absolute atomic E-state index is 0.149. The average Bonchev–Trinajstić information content (AvgIpc) is 3.21. The van der Waals surface area contributed by atoms with E-state index in [2.05, 4.69) is 25.9 Å². The summed E-state index contributed by atoms with van der Waals surface area (Å²) in [6, 6.07) is 10.6. The monoisotopic (exact) mass is 414 g/mol. The number of ether oxygens (including phenoxy) is 1. The third-order valence-corrected chi connectivity index (χ3v) is 4.14. The van der Waals surface area contributed by atoms with E-state index in [0.29, 0.717) is 30.4 Å². The number of nitrogens with zero attached hydrogens (tertiary/aromatic N) is 4. The van der Waals surface area contributed by atoms with Gasteiger partial charge in [0.1, 0.15) is 5.75 Å². The van der Waals surface area contributed by atoms with E-state index in [1.54, 1.807) is 36.7 Å². The van der Waals surface area contributed by atoms with Gasteiger partial charge in [-0.2, -0.15) is 0 Å². The van der Waals surface area contributed by atoms with Crippen LogP contribution < -0.4 is 15.4 Å². The molecular formula is C19H19ClN6O3. The molecule has 3 rings (SSSR count). The molecule has 0 spiro atoms. The molecule has 0 saturated carbocycles. The highest BCUT2D eigenvalue weighted by atomic mass is 35.5. The second-order valence-corrected chi connectivity index (χ2v) is 6.38. The van der Waals surface area contributed by atoms with Crippen LogP contribution in [0, 0.1) is 0 Å². The van der Waals surface area contributed by atoms with Crippen molar-refractivity contribution >= 4 is 23.4 Å². The lowest BCUT2D eigenvalue weighted by atomic mass is 10.2. The highest BCUT2D eigenvalue weighted by Crippen LogP contribution is 2.22. The molecule has 0 aliphatic rings. The van der Waals surface area contributed by atoms with Crippen molar-refractivity contribution < 1.29 is 14.3 Å². The summed E-state index contributed by atoms with van der Waals surface area (Å²) in [6.07, 6.45) is 4.84. The van der Waals surface area contributed by atoms with Crippen molar-refractivity contribution in [1.29, 1.82) is 0 Å². The quantitative estimate of drug-likeness (QED) is 0.548. The van der Waals surface area contributed by atoms with Crippen molar-refractivity contribution in [2.24, 2.45) is 0 Å². The van der Waals surface area contributed by atoms with E-state index in [1.165, 1.54) is 10.9 Å². The van der Waals surface area contributed by atoms with E-state index in [-0.39, 0.29) is 24.1 Å². The van der Waals surface area contributed by atoms with Gasteiger partial charge < -0.3 is 15.4 Å². The molecule has 2 aromatic heterocycles. The molecule has 29 heavy (non-hydrogen) atoms. The van der Waals surface area contributed by atoms with E-state index < -0.39 is 0 Å². The van der Waals surface area contributed by atoms with Crippen LogP contribution in [-0.2, 0) is 17.9 Å². The average molecular weight is 415 g/mol. The molecule has 0 radical (unpaired) electrons. The number of pyridine rings is 1. The number of hydrogen-bond donors (Lipinski definition) is 2. The fraction of sp³-hybridized carbons (Fsp3) is 0.211. The van der Waals surface area contributed by atoms with Crippen LogP contribution in [-0.4, -0.2) is 44.9 Å². The van der Waals surface area contributed by atoms with Crippen LogP contribution in [0.15, 0.2) is 55.0 Å². The predicted molar refractivity (Wildman–Crippen MR) is 105 cm³/mol. The molecule has 1 aromatic carbocycles. The lowest BCUT2D eigenvalue weighted by molar-refractivity contribution is -0.123. The molecule has 0 aliphatic heterocycles. The van der Waals surface area contributed by atoms with Crippen LogP contribution in [0.25, 0.3) is 0 Å². The molecule has 2 heterocycles. The van der Waals surface area contributed by atoms with Gasteiger partial charge in [0.05, 0.1) is 17.8 Å². The van der Waals surface area contributed by atoms with Crippen LogP contribution in [0.5, 0.6) is 5.75 Å². The van der Waals surface area contributed by atoms with Crippen molar-refractivity contribution in [2.75, 3.05) is 13.2 Å². The first kappa shape index (κ1) is 20.3. The molecule has 3 aromatic rings. The maximum Gasteiger partial charge on any atom is 0.273 e. The first-order chi connectivity index (χ1) is 14.1. The maximum atomic E-state index is 12.1. The van der Waals surface area contributed by atoms with Crippen molar-refractivity contribution in [3.05, 3.63) is 71.3 Å². The van der Waals surface area contributed by atoms with Gasteiger partial charge >= 0.3 is 0 Å². The number of halogens is 1. The Balaban J connectivity index is 1.38. The summed E-state index contributed by atoms with van der Waals surface area (Å²) < 4.78 is 6.85. The first-order valence-corrected chi connectivity index (χ1v) is 9.21. The number of hydrogen-bond acceptors (Lipinski definition) is 6. The molecule has 2 N–H and O–H groups in total. The molecule has 9 nitrogen and oxygen atoms in total. The highest BCUT2D eigenvalue weighted by molar-refractivity contribution is 6.32. The lowest BCUT2D eigenvalue weighted by Gasteiger charge is -2.08. The summed E-state index contributed by atoms with van der Waals surface area (Å²) >= 11 is 5.97. The largest absolute Gasteiger partial charge is 0.482 e. The smallest absolute Gasteiger partial charge is 0.273 e. The van der Waals surface area contributed by atoms with Gasteiger partial charge in [0.2, 0.25) is 0 Å². The fourth-order valence-corrected chi connectivity index (χ4v) is 2.54. The Morgan fingerprint density at radius 3 is 2.69 bits per heavy atom. The molecule has 0 unspecified atom stereocenters. The number of rotatable bonds is 9. The second-order valence-electron chi connectivity index (χ2n) is 5.97. The summed E-state index contributed by atoms with van der Waals surface area (Å²) in [6.45, 7) is 0.897. The van der Waals surface area contributed by atoms with Gasteiger partial charge in [-0.1, -0.05) is 28.9 Å². The molecule has 150 valence electrons. The Labute approximate surface area is 172 Å². The minimum atomic E-state index is -0.328. The molecule has 2 amide bonds. The molecule has 10 heteroatoms. The summed E-state index contributed by atoms with van der Waals surface area (Å²) in [5.41, 5.74) is 1.13. The molecule has 0 bridgehead atoms. The van der Waals surface area contributed by atoms with Crippen LogP contribution >= 0.6 is 11.6 Å². The Bertz CT molecular complexity index is 963. The second kappa shape index (κ2) is 10.2. The molecule has 0 atom stereocenters. The molecular weight excluding hydrogens is 396 g/mol. The zero-order chi connectivity index (χ0) is 20.5. The van der Waals surface area contributed by atoms with Gasteiger partial charge in [0, 0.05) is 25.5 Å². The zero-order valence-electron chi connectivity index (χ0n) is 15.4. The minimum Gasteiger partial charge on any atom is -0.482 e. The van der Waals surface area contributed by atoms with Crippen LogP contribution in [0.3, 0.4) is 0 Å². The SMILES string of the molecule is O=C(COc1ccccc1Cl)NCCn1cc(C(=O)NCc2ccncc2)nn1.